The molecule has 2 atom stereocenters. The van der Waals surface area contributed by atoms with E-state index in [4.69, 9.17) is 5.10 Å². The number of anilines is 2. The van der Waals surface area contributed by atoms with Crippen LogP contribution < -0.4 is 9.80 Å². The van der Waals surface area contributed by atoms with Crippen LogP contribution in [0.5, 0.6) is 0 Å². The molecule has 0 unspecified atom stereocenters. The SMILES string of the molecule is CN(C)c1ccc(/C=C2\CCC[C@@H]3C2=NN(C(=O)c2cccc(F)c2)[C@@H]3c2ccc(N(C)C)cc2)cc1. The normalized spacial score (nSPS) is 20.0. The van der Waals surface area contributed by atoms with Gasteiger partial charge in [-0.3, -0.25) is 4.79 Å². The fourth-order valence-corrected chi connectivity index (χ4v) is 5.29. The van der Waals surface area contributed by atoms with E-state index in [2.05, 4.69) is 64.4 Å². The number of rotatable bonds is 5. The van der Waals surface area contributed by atoms with E-state index >= 15 is 0 Å². The molecular weight excluding hydrogens is 463 g/mol. The third-order valence-electron chi connectivity index (χ3n) is 7.28. The number of fused-ring (bicyclic) bond motifs is 1. The van der Waals surface area contributed by atoms with Gasteiger partial charge in [0.15, 0.2) is 0 Å². The third-order valence-corrected chi connectivity index (χ3v) is 7.28. The van der Waals surface area contributed by atoms with Crippen LogP contribution in [0.2, 0.25) is 0 Å². The number of hydrogen-bond donors (Lipinski definition) is 0. The lowest BCUT2D eigenvalue weighted by Gasteiger charge is -2.30. The molecule has 1 saturated carbocycles. The van der Waals surface area contributed by atoms with E-state index in [-0.39, 0.29) is 17.9 Å². The van der Waals surface area contributed by atoms with Gasteiger partial charge in [-0.15, -0.1) is 0 Å². The van der Waals surface area contributed by atoms with Gasteiger partial charge in [0.2, 0.25) is 0 Å². The summed E-state index contributed by atoms with van der Waals surface area (Å²) < 4.78 is 14.0. The second kappa shape index (κ2) is 10.2. The minimum Gasteiger partial charge on any atom is -0.378 e. The molecule has 0 bridgehead atoms. The highest BCUT2D eigenvalue weighted by molar-refractivity contribution is 6.09. The Hall–Kier alpha value is -3.93. The van der Waals surface area contributed by atoms with E-state index in [1.165, 1.54) is 17.7 Å². The van der Waals surface area contributed by atoms with Crippen molar-refractivity contribution in [3.63, 3.8) is 0 Å². The van der Waals surface area contributed by atoms with Gasteiger partial charge in [-0.1, -0.05) is 30.3 Å². The second-order valence-corrected chi connectivity index (χ2v) is 10.2. The molecule has 0 aromatic heterocycles. The van der Waals surface area contributed by atoms with Crippen LogP contribution in [0.25, 0.3) is 6.08 Å². The summed E-state index contributed by atoms with van der Waals surface area (Å²) in [6, 6.07) is 22.4. The summed E-state index contributed by atoms with van der Waals surface area (Å²) >= 11 is 0. The number of allylic oxidation sites excluding steroid dienone is 1. The molecule has 1 fully saturated rings. The van der Waals surface area contributed by atoms with Gasteiger partial charge < -0.3 is 9.80 Å². The van der Waals surface area contributed by atoms with Crippen molar-refractivity contribution in [2.24, 2.45) is 11.0 Å². The average Bonchev–Trinajstić information content (AvgIpc) is 3.29. The van der Waals surface area contributed by atoms with E-state index in [1.54, 1.807) is 17.1 Å². The Morgan fingerprint density at radius 2 is 1.59 bits per heavy atom. The van der Waals surface area contributed by atoms with Crippen LogP contribution in [-0.4, -0.2) is 44.8 Å². The first-order chi connectivity index (χ1) is 17.8. The van der Waals surface area contributed by atoms with Crippen molar-refractivity contribution in [3.05, 3.63) is 101 Å². The summed E-state index contributed by atoms with van der Waals surface area (Å²) in [7, 11) is 8.08. The molecule has 37 heavy (non-hydrogen) atoms. The number of benzene rings is 3. The van der Waals surface area contributed by atoms with E-state index < -0.39 is 5.82 Å². The summed E-state index contributed by atoms with van der Waals surface area (Å²) in [4.78, 5) is 17.8. The topological polar surface area (TPSA) is 39.1 Å². The summed E-state index contributed by atoms with van der Waals surface area (Å²) in [5, 5.41) is 6.54. The minimum atomic E-state index is -0.427. The predicted molar refractivity (Wildman–Crippen MR) is 150 cm³/mol. The van der Waals surface area contributed by atoms with E-state index in [0.717, 1.165) is 47.5 Å². The van der Waals surface area contributed by atoms with Crippen LogP contribution in [0.15, 0.2) is 83.5 Å². The van der Waals surface area contributed by atoms with Gasteiger partial charge in [-0.2, -0.15) is 5.10 Å². The zero-order valence-electron chi connectivity index (χ0n) is 21.9. The highest BCUT2D eigenvalue weighted by Gasteiger charge is 2.44. The van der Waals surface area contributed by atoms with Gasteiger partial charge in [0, 0.05) is 51.0 Å². The first-order valence-corrected chi connectivity index (χ1v) is 12.7. The summed E-state index contributed by atoms with van der Waals surface area (Å²) in [5.41, 5.74) is 6.84. The molecule has 0 radical (unpaired) electrons. The lowest BCUT2D eigenvalue weighted by Crippen LogP contribution is -2.32. The Morgan fingerprint density at radius 1 is 0.946 bits per heavy atom. The zero-order valence-corrected chi connectivity index (χ0v) is 21.9. The molecule has 0 N–H and O–H groups in total. The van der Waals surface area contributed by atoms with Crippen LogP contribution in [0.3, 0.4) is 0 Å². The lowest BCUT2D eigenvalue weighted by atomic mass is 9.77. The van der Waals surface area contributed by atoms with Gasteiger partial charge in [0.25, 0.3) is 5.91 Å². The van der Waals surface area contributed by atoms with Crippen LogP contribution >= 0.6 is 0 Å². The van der Waals surface area contributed by atoms with E-state index in [1.807, 2.05) is 28.2 Å². The van der Waals surface area contributed by atoms with Crippen molar-refractivity contribution in [2.45, 2.75) is 25.3 Å². The number of hydrogen-bond acceptors (Lipinski definition) is 4. The average molecular weight is 497 g/mol. The Morgan fingerprint density at radius 3 is 2.22 bits per heavy atom. The summed E-state index contributed by atoms with van der Waals surface area (Å²) in [6.45, 7) is 0. The first kappa shape index (κ1) is 24.8. The summed E-state index contributed by atoms with van der Waals surface area (Å²) in [5.74, 6) is -0.620. The molecule has 3 aromatic rings. The Balaban J connectivity index is 1.55. The first-order valence-electron chi connectivity index (χ1n) is 12.7. The fraction of sp³-hybridized carbons (Fsp3) is 0.290. The fourth-order valence-electron chi connectivity index (χ4n) is 5.29. The predicted octanol–water partition coefficient (Wildman–Crippen LogP) is 6.39. The standard InChI is InChI=1S/C31H33FN4O/c1-34(2)26-15-11-21(12-16-26)19-23-7-6-10-28-29(23)33-36(31(37)24-8-5-9-25(32)20-24)30(28)22-13-17-27(18-14-22)35(3)4/h5,8-9,11-20,28,30H,6-7,10H2,1-4H3/b23-19+/t28-,30-/m1/s1. The maximum Gasteiger partial charge on any atom is 0.274 e. The van der Waals surface area contributed by atoms with Crippen molar-refractivity contribution >= 4 is 29.1 Å². The Labute approximate surface area is 218 Å². The molecule has 3 aromatic carbocycles. The summed E-state index contributed by atoms with van der Waals surface area (Å²) in [6.07, 6.45) is 5.09. The number of hydrazone groups is 1. The highest BCUT2D eigenvalue weighted by Crippen LogP contribution is 2.45. The molecule has 0 saturated heterocycles. The van der Waals surface area contributed by atoms with Gasteiger partial charge in [-0.05, 0) is 84.5 Å². The van der Waals surface area contributed by atoms with E-state index in [9.17, 15) is 9.18 Å². The van der Waals surface area contributed by atoms with Gasteiger partial charge in [0.05, 0.1) is 11.8 Å². The van der Waals surface area contributed by atoms with Gasteiger partial charge in [-0.25, -0.2) is 9.40 Å². The Bertz CT molecular complexity index is 1340. The Kier molecular flexibility index (Phi) is 6.83. The molecule has 2 aliphatic rings. The minimum absolute atomic E-state index is 0.0868. The largest absolute Gasteiger partial charge is 0.378 e. The maximum atomic E-state index is 14.0. The van der Waals surface area contributed by atoms with Crippen molar-refractivity contribution in [1.82, 2.24) is 5.01 Å². The van der Waals surface area contributed by atoms with Crippen molar-refractivity contribution in [3.8, 4) is 0 Å². The highest BCUT2D eigenvalue weighted by atomic mass is 19.1. The number of amides is 1. The molecule has 0 spiro atoms. The van der Waals surface area contributed by atoms with Gasteiger partial charge >= 0.3 is 0 Å². The number of carbonyl (C=O) groups excluding carboxylic acids is 1. The zero-order chi connectivity index (χ0) is 26.1. The van der Waals surface area contributed by atoms with Crippen molar-refractivity contribution in [2.75, 3.05) is 38.0 Å². The maximum absolute atomic E-state index is 14.0. The molecule has 5 nitrogen and oxygen atoms in total. The van der Waals surface area contributed by atoms with Crippen LogP contribution in [-0.2, 0) is 0 Å². The third kappa shape index (κ3) is 5.01. The van der Waals surface area contributed by atoms with Crippen LogP contribution in [0.4, 0.5) is 15.8 Å². The second-order valence-electron chi connectivity index (χ2n) is 10.2. The quantitative estimate of drug-likeness (QED) is 0.411. The van der Waals surface area contributed by atoms with Crippen LogP contribution in [0.1, 0.15) is 46.8 Å². The number of carbonyl (C=O) groups is 1. The van der Waals surface area contributed by atoms with Crippen molar-refractivity contribution in [1.29, 1.82) is 0 Å². The number of nitrogens with zero attached hydrogens (tertiary/aromatic N) is 4. The molecule has 1 amide bonds. The smallest absolute Gasteiger partial charge is 0.274 e. The molecule has 1 aliphatic carbocycles. The van der Waals surface area contributed by atoms with Crippen LogP contribution in [0, 0.1) is 11.7 Å². The monoisotopic (exact) mass is 496 g/mol. The molecule has 6 heteroatoms. The van der Waals surface area contributed by atoms with E-state index in [0.29, 0.717) is 5.56 Å². The molecule has 1 aliphatic heterocycles. The van der Waals surface area contributed by atoms with Crippen molar-refractivity contribution < 1.29 is 9.18 Å². The number of halogens is 1. The molecule has 190 valence electrons. The molecule has 5 rings (SSSR count). The van der Waals surface area contributed by atoms with Gasteiger partial charge in [0.1, 0.15) is 5.82 Å². The molecular formula is C31H33FN4O. The lowest BCUT2D eigenvalue weighted by molar-refractivity contribution is 0.0680. The molecule has 1 heterocycles.